The number of rotatable bonds is 5. The van der Waals surface area contributed by atoms with E-state index in [0.29, 0.717) is 29.3 Å². The van der Waals surface area contributed by atoms with Crippen LogP contribution in [0, 0.1) is 5.92 Å². The summed E-state index contributed by atoms with van der Waals surface area (Å²) in [7, 11) is 0. The Balaban J connectivity index is 1.35. The molecule has 2 aromatic rings. The van der Waals surface area contributed by atoms with Crippen molar-refractivity contribution in [3.05, 3.63) is 53.7 Å². The van der Waals surface area contributed by atoms with Crippen molar-refractivity contribution in [2.45, 2.75) is 56.3 Å². The van der Waals surface area contributed by atoms with E-state index >= 15 is 0 Å². The van der Waals surface area contributed by atoms with Gasteiger partial charge in [0.1, 0.15) is 0 Å². The second-order valence-corrected chi connectivity index (χ2v) is 8.12. The number of carbonyl (C=O) groups excluding carboxylic acids is 1. The van der Waals surface area contributed by atoms with Gasteiger partial charge >= 0.3 is 6.18 Å². The van der Waals surface area contributed by atoms with Gasteiger partial charge < -0.3 is 11.1 Å². The van der Waals surface area contributed by atoms with E-state index in [4.69, 9.17) is 5.73 Å². The molecule has 4 nitrogen and oxygen atoms in total. The van der Waals surface area contributed by atoms with Crippen LogP contribution < -0.4 is 11.1 Å². The number of pyridine rings is 1. The van der Waals surface area contributed by atoms with Gasteiger partial charge in [-0.1, -0.05) is 18.2 Å². The number of nitrogens with one attached hydrogen (secondary N) is 1. The Labute approximate surface area is 167 Å². The molecule has 2 fully saturated rings. The zero-order valence-corrected chi connectivity index (χ0v) is 16.0. The predicted molar refractivity (Wildman–Crippen MR) is 104 cm³/mol. The van der Waals surface area contributed by atoms with Crippen molar-refractivity contribution < 1.29 is 18.0 Å². The van der Waals surface area contributed by atoms with E-state index in [2.05, 4.69) is 10.3 Å². The van der Waals surface area contributed by atoms with Gasteiger partial charge in [0.2, 0.25) is 5.91 Å². The molecule has 4 rings (SSSR count). The molecule has 0 spiro atoms. The summed E-state index contributed by atoms with van der Waals surface area (Å²) in [6, 6.07) is 9.80. The lowest BCUT2D eigenvalue weighted by molar-refractivity contribution is -0.137. The Morgan fingerprint density at radius 3 is 2.48 bits per heavy atom. The van der Waals surface area contributed by atoms with E-state index in [1.807, 2.05) is 6.07 Å². The molecule has 2 atom stereocenters. The number of alkyl halides is 3. The zero-order chi connectivity index (χ0) is 20.6. The molecule has 3 N–H and O–H groups in total. The Morgan fingerprint density at radius 1 is 1.10 bits per heavy atom. The largest absolute Gasteiger partial charge is 0.416 e. The van der Waals surface area contributed by atoms with Gasteiger partial charge in [0.15, 0.2) is 0 Å². The first-order valence-electron chi connectivity index (χ1n) is 10.00. The molecule has 0 radical (unpaired) electrons. The molecule has 1 amide bonds. The summed E-state index contributed by atoms with van der Waals surface area (Å²) < 4.78 is 38.7. The average Bonchev–Trinajstić information content (AvgIpc) is 3.47. The van der Waals surface area contributed by atoms with Crippen LogP contribution in [0.5, 0.6) is 0 Å². The number of primary amides is 1. The minimum absolute atomic E-state index is 0.00985. The minimum Gasteiger partial charge on any atom is -0.369 e. The predicted octanol–water partition coefficient (Wildman–Crippen LogP) is 4.26. The quantitative estimate of drug-likeness (QED) is 0.784. The molecule has 29 heavy (non-hydrogen) atoms. The Morgan fingerprint density at radius 2 is 1.86 bits per heavy atom. The summed E-state index contributed by atoms with van der Waals surface area (Å²) in [5.74, 6) is 0.197. The van der Waals surface area contributed by atoms with Crippen LogP contribution in [0.15, 0.2) is 42.6 Å². The fourth-order valence-electron chi connectivity index (χ4n) is 4.25. The summed E-state index contributed by atoms with van der Waals surface area (Å²) in [5.41, 5.74) is 6.82. The monoisotopic (exact) mass is 403 g/mol. The van der Waals surface area contributed by atoms with Crippen LogP contribution in [0.25, 0.3) is 11.3 Å². The Hall–Kier alpha value is -2.41. The lowest BCUT2D eigenvalue weighted by Gasteiger charge is -2.27. The van der Waals surface area contributed by atoms with E-state index in [1.165, 1.54) is 6.07 Å². The minimum atomic E-state index is -4.36. The maximum atomic E-state index is 12.9. The third-order valence-electron chi connectivity index (χ3n) is 6.07. The Kier molecular flexibility index (Phi) is 5.34. The average molecular weight is 403 g/mol. The maximum Gasteiger partial charge on any atom is 0.416 e. The molecule has 0 saturated heterocycles. The van der Waals surface area contributed by atoms with Crippen LogP contribution in [0.1, 0.15) is 49.1 Å². The maximum absolute atomic E-state index is 12.9. The standard InChI is InChI=1S/C22H24F3N3O/c23-22(24,25)16-3-1-2-14(10-16)19-9-6-15(12-27-19)18-11-20(18)28-17-7-4-13(5-8-17)21(26)29/h1-3,6,9-10,12-13,17-18,20,28H,4-5,7-8,11H2,(H2,26,29)/t13?,17?,18-,20+/m0/s1. The molecule has 1 heterocycles. The molecule has 1 aromatic carbocycles. The molecule has 2 aliphatic rings. The first kappa shape index (κ1) is 19.9. The number of hydrogen-bond donors (Lipinski definition) is 2. The van der Waals surface area contributed by atoms with E-state index in [-0.39, 0.29) is 11.8 Å². The summed E-state index contributed by atoms with van der Waals surface area (Å²) in [5, 5.41) is 3.67. The number of benzene rings is 1. The first-order chi connectivity index (χ1) is 13.8. The van der Waals surface area contributed by atoms with Crippen molar-refractivity contribution in [2.24, 2.45) is 11.7 Å². The number of amides is 1. The molecule has 0 unspecified atom stereocenters. The molecule has 2 saturated carbocycles. The molecule has 154 valence electrons. The van der Waals surface area contributed by atoms with Crippen molar-refractivity contribution >= 4 is 5.91 Å². The fourth-order valence-corrected chi connectivity index (χ4v) is 4.25. The fraction of sp³-hybridized carbons (Fsp3) is 0.455. The van der Waals surface area contributed by atoms with Crippen LogP contribution in [0.2, 0.25) is 0 Å². The van der Waals surface area contributed by atoms with Crippen molar-refractivity contribution in [3.8, 4) is 11.3 Å². The third kappa shape index (κ3) is 4.61. The van der Waals surface area contributed by atoms with E-state index in [9.17, 15) is 18.0 Å². The van der Waals surface area contributed by atoms with Gasteiger partial charge in [-0.25, -0.2) is 0 Å². The van der Waals surface area contributed by atoms with Gasteiger partial charge in [0, 0.05) is 35.7 Å². The van der Waals surface area contributed by atoms with Gasteiger partial charge in [0.25, 0.3) is 0 Å². The van der Waals surface area contributed by atoms with Gasteiger partial charge in [-0.15, -0.1) is 0 Å². The highest BCUT2D eigenvalue weighted by molar-refractivity contribution is 5.76. The third-order valence-corrected chi connectivity index (χ3v) is 6.07. The number of halogens is 3. The highest BCUT2D eigenvalue weighted by Crippen LogP contribution is 2.42. The van der Waals surface area contributed by atoms with Crippen LogP contribution in [0.4, 0.5) is 13.2 Å². The van der Waals surface area contributed by atoms with Crippen LogP contribution in [0.3, 0.4) is 0 Å². The van der Waals surface area contributed by atoms with Crippen LogP contribution in [-0.2, 0) is 11.0 Å². The van der Waals surface area contributed by atoms with Crippen molar-refractivity contribution in [1.82, 2.24) is 10.3 Å². The molecule has 0 bridgehead atoms. The first-order valence-corrected chi connectivity index (χ1v) is 10.00. The van der Waals surface area contributed by atoms with Crippen LogP contribution in [-0.4, -0.2) is 23.0 Å². The molecule has 0 aliphatic heterocycles. The topological polar surface area (TPSA) is 68.0 Å². The lowest BCUT2D eigenvalue weighted by Crippen LogP contribution is -2.38. The van der Waals surface area contributed by atoms with Gasteiger partial charge in [-0.3, -0.25) is 9.78 Å². The second-order valence-electron chi connectivity index (χ2n) is 8.12. The van der Waals surface area contributed by atoms with Gasteiger partial charge in [0.05, 0.1) is 11.3 Å². The summed E-state index contributed by atoms with van der Waals surface area (Å²) in [6.45, 7) is 0. The number of carbonyl (C=O) groups is 1. The van der Waals surface area contributed by atoms with E-state index < -0.39 is 11.7 Å². The molecule has 7 heteroatoms. The van der Waals surface area contributed by atoms with Crippen molar-refractivity contribution in [1.29, 1.82) is 0 Å². The molecular formula is C22H24F3N3O. The lowest BCUT2D eigenvalue weighted by atomic mass is 9.85. The SMILES string of the molecule is NC(=O)C1CCC(N[C@@H]2C[C@H]2c2ccc(-c3cccc(C(F)(F)F)c3)nc2)CC1. The second kappa shape index (κ2) is 7.78. The van der Waals surface area contributed by atoms with Crippen molar-refractivity contribution in [3.63, 3.8) is 0 Å². The summed E-state index contributed by atoms with van der Waals surface area (Å²) >= 11 is 0. The molecule has 2 aliphatic carbocycles. The summed E-state index contributed by atoms with van der Waals surface area (Å²) in [4.78, 5) is 15.7. The summed E-state index contributed by atoms with van der Waals surface area (Å²) in [6.07, 6.45) is 2.05. The highest BCUT2D eigenvalue weighted by Gasteiger charge is 2.40. The van der Waals surface area contributed by atoms with Gasteiger partial charge in [-0.05, 0) is 55.9 Å². The molecule has 1 aromatic heterocycles. The van der Waals surface area contributed by atoms with E-state index in [0.717, 1.165) is 49.8 Å². The number of hydrogen-bond acceptors (Lipinski definition) is 3. The Bertz CT molecular complexity index is 874. The van der Waals surface area contributed by atoms with E-state index in [1.54, 1.807) is 18.3 Å². The smallest absolute Gasteiger partial charge is 0.369 e. The van der Waals surface area contributed by atoms with Crippen LogP contribution >= 0.6 is 0 Å². The number of nitrogens with zero attached hydrogens (tertiary/aromatic N) is 1. The normalized spacial score (nSPS) is 26.9. The van der Waals surface area contributed by atoms with Gasteiger partial charge in [-0.2, -0.15) is 13.2 Å². The highest BCUT2D eigenvalue weighted by atomic mass is 19.4. The number of nitrogens with two attached hydrogens (primary N) is 1. The number of aromatic nitrogens is 1. The van der Waals surface area contributed by atoms with Crippen molar-refractivity contribution in [2.75, 3.05) is 0 Å². The zero-order valence-electron chi connectivity index (χ0n) is 16.0. The molecular weight excluding hydrogens is 379 g/mol.